The van der Waals surface area contributed by atoms with Gasteiger partial charge < -0.3 is 15.8 Å². The van der Waals surface area contributed by atoms with Crippen molar-refractivity contribution in [3.8, 4) is 34.1 Å². The number of fused-ring (bicyclic) bond motifs is 1. The molecule has 6 heteroatoms. The Hall–Kier alpha value is -3.56. The number of nitrogen functional groups attached to an aromatic ring is 1. The maximum atomic E-state index is 11.8. The van der Waals surface area contributed by atoms with E-state index in [4.69, 9.17) is 11.0 Å². The monoisotopic (exact) mass is 359 g/mol. The van der Waals surface area contributed by atoms with Gasteiger partial charge >= 0.3 is 0 Å². The highest BCUT2D eigenvalue weighted by molar-refractivity contribution is 7.17. The van der Waals surface area contributed by atoms with Crippen molar-refractivity contribution in [3.63, 3.8) is 0 Å². The predicted octanol–water partition coefficient (Wildman–Crippen LogP) is 4.08. The van der Waals surface area contributed by atoms with Crippen LogP contribution in [0.3, 0.4) is 0 Å². The van der Waals surface area contributed by atoms with Gasteiger partial charge in [-0.15, -0.1) is 11.3 Å². The number of nitrogens with two attached hydrogens (primary N) is 1. The fraction of sp³-hybridized carbons (Fsp3) is 0. The molecule has 0 spiro atoms. The molecule has 26 heavy (non-hydrogen) atoms. The fourth-order valence-corrected chi connectivity index (χ4v) is 3.95. The van der Waals surface area contributed by atoms with Gasteiger partial charge in [-0.05, 0) is 17.2 Å². The number of rotatable bonds is 2. The number of H-pyrrole nitrogens is 1. The molecule has 126 valence electrons. The van der Waals surface area contributed by atoms with Gasteiger partial charge in [0.1, 0.15) is 16.6 Å². The largest absolute Gasteiger partial charge is 0.506 e. The number of hydrogen-bond acceptors (Lipinski definition) is 5. The lowest BCUT2D eigenvalue weighted by atomic mass is 9.99. The molecular formula is C20H13N3O2S. The van der Waals surface area contributed by atoms with Crippen molar-refractivity contribution in [2.75, 3.05) is 5.73 Å². The van der Waals surface area contributed by atoms with Crippen LogP contribution in [0.4, 0.5) is 5.69 Å². The van der Waals surface area contributed by atoms with Crippen LogP contribution in [0, 0.1) is 11.3 Å². The molecule has 4 N–H and O–H groups in total. The van der Waals surface area contributed by atoms with E-state index in [2.05, 4.69) is 4.98 Å². The summed E-state index contributed by atoms with van der Waals surface area (Å²) < 4.78 is 0. The van der Waals surface area contributed by atoms with Crippen LogP contribution in [0.25, 0.3) is 32.5 Å². The van der Waals surface area contributed by atoms with E-state index >= 15 is 0 Å². The van der Waals surface area contributed by atoms with E-state index in [1.54, 1.807) is 6.07 Å². The van der Waals surface area contributed by atoms with Crippen LogP contribution in [0.2, 0.25) is 0 Å². The lowest BCUT2D eigenvalue weighted by Crippen LogP contribution is -2.09. The quantitative estimate of drug-likeness (QED) is 0.469. The molecule has 0 bridgehead atoms. The normalized spacial score (nSPS) is 10.7. The highest BCUT2D eigenvalue weighted by atomic mass is 32.1. The Morgan fingerprint density at radius 1 is 1.04 bits per heavy atom. The number of aromatic hydroxyl groups is 1. The molecule has 0 aliphatic rings. The summed E-state index contributed by atoms with van der Waals surface area (Å²) in [5.74, 6) is -0.279. The van der Waals surface area contributed by atoms with E-state index < -0.39 is 5.56 Å². The van der Waals surface area contributed by atoms with Gasteiger partial charge in [0, 0.05) is 22.2 Å². The Morgan fingerprint density at radius 3 is 2.35 bits per heavy atom. The number of thiophene rings is 1. The third kappa shape index (κ3) is 2.42. The second kappa shape index (κ2) is 6.06. The average Bonchev–Trinajstić information content (AvgIpc) is 3.06. The van der Waals surface area contributed by atoms with Crippen molar-refractivity contribution in [3.05, 3.63) is 69.8 Å². The van der Waals surface area contributed by atoms with Crippen molar-refractivity contribution >= 4 is 27.2 Å². The SMILES string of the molecule is N#Cc1c(O)c2c(-c3ccc(-c4ccccc4N)cc3)csc2[nH]c1=O. The standard InChI is InChI=1S/C20H13N3O2S/c21-9-14-18(24)17-15(10-26-20(17)23-19(14)25)12-7-5-11(6-8-12)13-3-1-2-4-16(13)22/h1-8,10H,22H2,(H2,23,24,25). The maximum absolute atomic E-state index is 11.8. The molecule has 0 atom stereocenters. The average molecular weight is 359 g/mol. The smallest absolute Gasteiger partial charge is 0.270 e. The molecule has 0 saturated heterocycles. The molecule has 2 heterocycles. The number of para-hydroxylation sites is 1. The van der Waals surface area contributed by atoms with Crippen LogP contribution in [0.15, 0.2) is 58.7 Å². The van der Waals surface area contributed by atoms with Crippen LogP contribution in [0.1, 0.15) is 5.56 Å². The minimum Gasteiger partial charge on any atom is -0.506 e. The molecule has 2 aromatic carbocycles. The zero-order chi connectivity index (χ0) is 18.3. The molecule has 0 saturated carbocycles. The summed E-state index contributed by atoms with van der Waals surface area (Å²) >= 11 is 1.31. The molecule has 0 aliphatic carbocycles. The number of aromatic amines is 1. The van der Waals surface area contributed by atoms with Crippen LogP contribution >= 0.6 is 11.3 Å². The fourth-order valence-electron chi connectivity index (χ4n) is 2.99. The molecule has 2 aromatic heterocycles. The summed E-state index contributed by atoms with van der Waals surface area (Å²) in [5.41, 5.74) is 9.46. The van der Waals surface area contributed by atoms with Gasteiger partial charge in [0.2, 0.25) is 0 Å². The molecule has 0 amide bonds. The number of pyridine rings is 1. The highest BCUT2D eigenvalue weighted by Crippen LogP contribution is 2.39. The predicted molar refractivity (Wildman–Crippen MR) is 104 cm³/mol. The van der Waals surface area contributed by atoms with Crippen molar-refractivity contribution < 1.29 is 5.11 Å². The van der Waals surface area contributed by atoms with Gasteiger partial charge in [-0.3, -0.25) is 4.79 Å². The summed E-state index contributed by atoms with van der Waals surface area (Å²) in [6, 6.07) is 17.2. The Morgan fingerprint density at radius 2 is 1.69 bits per heavy atom. The first kappa shape index (κ1) is 15.9. The summed E-state index contributed by atoms with van der Waals surface area (Å²) in [7, 11) is 0. The number of aromatic nitrogens is 1. The number of nitrogens with zero attached hydrogens (tertiary/aromatic N) is 1. The van der Waals surface area contributed by atoms with Gasteiger partial charge in [0.25, 0.3) is 5.56 Å². The lowest BCUT2D eigenvalue weighted by Gasteiger charge is -2.07. The van der Waals surface area contributed by atoms with E-state index in [1.165, 1.54) is 11.3 Å². The van der Waals surface area contributed by atoms with Crippen LogP contribution < -0.4 is 11.3 Å². The number of hydrogen-bond donors (Lipinski definition) is 3. The Balaban J connectivity index is 1.86. The van der Waals surface area contributed by atoms with E-state index in [1.807, 2.05) is 53.9 Å². The molecule has 0 aliphatic heterocycles. The number of benzene rings is 2. The van der Waals surface area contributed by atoms with Gasteiger partial charge in [0.05, 0.1) is 5.39 Å². The van der Waals surface area contributed by atoms with Gasteiger partial charge in [0.15, 0.2) is 5.56 Å². The zero-order valence-corrected chi connectivity index (χ0v) is 14.3. The van der Waals surface area contributed by atoms with E-state index in [0.717, 1.165) is 22.3 Å². The minimum atomic E-state index is -0.583. The third-order valence-corrected chi connectivity index (χ3v) is 5.19. The number of nitriles is 1. The van der Waals surface area contributed by atoms with Crippen molar-refractivity contribution in [1.29, 1.82) is 5.26 Å². The molecule has 4 aromatic rings. The first-order valence-electron chi connectivity index (χ1n) is 7.82. The van der Waals surface area contributed by atoms with Crippen LogP contribution in [0.5, 0.6) is 5.75 Å². The van der Waals surface area contributed by atoms with Crippen molar-refractivity contribution in [1.82, 2.24) is 4.98 Å². The summed E-state index contributed by atoms with van der Waals surface area (Å²) in [5, 5.41) is 21.8. The Kier molecular flexibility index (Phi) is 3.72. The van der Waals surface area contributed by atoms with Gasteiger partial charge in [-0.1, -0.05) is 42.5 Å². The van der Waals surface area contributed by atoms with E-state index in [0.29, 0.717) is 15.9 Å². The molecule has 0 fully saturated rings. The topological polar surface area (TPSA) is 103 Å². The second-order valence-corrected chi connectivity index (χ2v) is 6.69. The number of anilines is 1. The van der Waals surface area contributed by atoms with Gasteiger partial charge in [-0.25, -0.2) is 0 Å². The number of nitrogens with one attached hydrogen (secondary N) is 1. The van der Waals surface area contributed by atoms with Gasteiger partial charge in [-0.2, -0.15) is 5.26 Å². The Labute approximate surface area is 152 Å². The third-order valence-electron chi connectivity index (χ3n) is 4.30. The highest BCUT2D eigenvalue weighted by Gasteiger charge is 2.17. The summed E-state index contributed by atoms with van der Waals surface area (Å²) in [4.78, 5) is 15.0. The minimum absolute atomic E-state index is 0.272. The zero-order valence-electron chi connectivity index (χ0n) is 13.5. The Bertz CT molecular complexity index is 1230. The van der Waals surface area contributed by atoms with Crippen LogP contribution in [-0.4, -0.2) is 10.1 Å². The molecular weight excluding hydrogens is 346 g/mol. The lowest BCUT2D eigenvalue weighted by molar-refractivity contribution is 0.479. The maximum Gasteiger partial charge on any atom is 0.270 e. The molecule has 0 unspecified atom stereocenters. The van der Waals surface area contributed by atoms with Crippen molar-refractivity contribution in [2.24, 2.45) is 0 Å². The summed E-state index contributed by atoms with van der Waals surface area (Å²) in [6.07, 6.45) is 0. The van der Waals surface area contributed by atoms with Crippen molar-refractivity contribution in [2.45, 2.75) is 0 Å². The van der Waals surface area contributed by atoms with E-state index in [9.17, 15) is 9.90 Å². The first-order valence-corrected chi connectivity index (χ1v) is 8.70. The van der Waals surface area contributed by atoms with E-state index in [-0.39, 0.29) is 11.3 Å². The molecule has 0 radical (unpaired) electrons. The molecule has 4 rings (SSSR count). The van der Waals surface area contributed by atoms with Crippen LogP contribution in [-0.2, 0) is 0 Å². The second-order valence-electron chi connectivity index (χ2n) is 5.81. The molecule has 5 nitrogen and oxygen atoms in total. The summed E-state index contributed by atoms with van der Waals surface area (Å²) in [6.45, 7) is 0. The first-order chi connectivity index (χ1) is 12.6.